The van der Waals surface area contributed by atoms with Crippen molar-refractivity contribution in [3.05, 3.63) is 28.3 Å². The summed E-state index contributed by atoms with van der Waals surface area (Å²) >= 11 is 12.0. The number of anilines is 1. The lowest BCUT2D eigenvalue weighted by molar-refractivity contribution is -0.121. The highest BCUT2D eigenvalue weighted by Crippen LogP contribution is 2.44. The fraction of sp³-hybridized carbons (Fsp3) is 0.417. The van der Waals surface area contributed by atoms with Gasteiger partial charge >= 0.3 is 0 Å². The summed E-state index contributed by atoms with van der Waals surface area (Å²) in [5.41, 5.74) is 2.23. The zero-order valence-corrected chi connectivity index (χ0v) is 11.0. The van der Waals surface area contributed by atoms with Gasteiger partial charge in [-0.2, -0.15) is 0 Å². The van der Waals surface area contributed by atoms with E-state index in [9.17, 15) is 4.79 Å². The van der Waals surface area contributed by atoms with E-state index in [1.54, 1.807) is 11.9 Å². The summed E-state index contributed by atoms with van der Waals surface area (Å²) in [4.78, 5) is 13.8. The summed E-state index contributed by atoms with van der Waals surface area (Å²) in [6, 6.07) is 3.71. The number of hydrogen-bond acceptors (Lipinski definition) is 1. The fourth-order valence-corrected chi connectivity index (χ4v) is 2.85. The number of halogens is 2. The largest absolute Gasteiger partial charge is 0.314 e. The predicted octanol–water partition coefficient (Wildman–Crippen LogP) is 3.12. The van der Waals surface area contributed by atoms with Gasteiger partial charge in [-0.05, 0) is 37.1 Å². The first-order valence-electron chi connectivity index (χ1n) is 5.06. The van der Waals surface area contributed by atoms with Gasteiger partial charge in [0.05, 0.1) is 11.1 Å². The third-order valence-electron chi connectivity index (χ3n) is 3.24. The molecule has 86 valence electrons. The van der Waals surface area contributed by atoms with E-state index in [4.69, 9.17) is 23.2 Å². The second-order valence-corrected chi connectivity index (χ2v) is 5.15. The number of carbonyl (C=O) groups is 1. The SMILES string of the molecule is Cc1cc(Cl)cc2c1N(C)C(=O)C2(C)CCl. The minimum Gasteiger partial charge on any atom is -0.314 e. The van der Waals surface area contributed by atoms with Crippen molar-refractivity contribution in [3.63, 3.8) is 0 Å². The van der Waals surface area contributed by atoms with Crippen molar-refractivity contribution in [1.82, 2.24) is 0 Å². The summed E-state index contributed by atoms with van der Waals surface area (Å²) in [6.07, 6.45) is 0. The van der Waals surface area contributed by atoms with Gasteiger partial charge in [0, 0.05) is 18.0 Å². The number of fused-ring (bicyclic) bond motifs is 1. The highest BCUT2D eigenvalue weighted by Gasteiger charge is 2.46. The Morgan fingerprint density at radius 2 is 2.06 bits per heavy atom. The summed E-state index contributed by atoms with van der Waals surface area (Å²) in [7, 11) is 1.78. The molecule has 1 aromatic rings. The van der Waals surface area contributed by atoms with E-state index in [0.29, 0.717) is 5.02 Å². The van der Waals surface area contributed by atoms with Gasteiger partial charge in [0.15, 0.2) is 0 Å². The molecule has 2 nitrogen and oxygen atoms in total. The lowest BCUT2D eigenvalue weighted by Crippen LogP contribution is -2.37. The Kier molecular flexibility index (Phi) is 2.67. The summed E-state index contributed by atoms with van der Waals surface area (Å²) in [5, 5.41) is 0.649. The third-order valence-corrected chi connectivity index (χ3v) is 3.99. The average molecular weight is 258 g/mol. The maximum atomic E-state index is 12.2. The second-order valence-electron chi connectivity index (χ2n) is 4.45. The fourth-order valence-electron chi connectivity index (χ4n) is 2.32. The molecule has 0 spiro atoms. The highest BCUT2D eigenvalue weighted by atomic mass is 35.5. The Labute approximate surface area is 105 Å². The van der Waals surface area contributed by atoms with Crippen molar-refractivity contribution in [2.45, 2.75) is 19.3 Å². The number of hydrogen-bond donors (Lipinski definition) is 0. The number of aryl methyl sites for hydroxylation is 1. The molecule has 4 heteroatoms. The van der Waals surface area contributed by atoms with E-state index < -0.39 is 5.41 Å². The van der Waals surface area contributed by atoms with Gasteiger partial charge in [0.25, 0.3) is 0 Å². The number of benzene rings is 1. The normalized spacial score (nSPS) is 23.8. The van der Waals surface area contributed by atoms with Crippen LogP contribution in [0.25, 0.3) is 0 Å². The van der Waals surface area contributed by atoms with Crippen LogP contribution in [-0.2, 0) is 10.2 Å². The number of alkyl halides is 1. The van der Waals surface area contributed by atoms with Crippen LogP contribution in [0.2, 0.25) is 5.02 Å². The number of rotatable bonds is 1. The topological polar surface area (TPSA) is 20.3 Å². The number of amides is 1. The van der Waals surface area contributed by atoms with Gasteiger partial charge in [-0.1, -0.05) is 11.6 Å². The standard InChI is InChI=1S/C12H13Cl2NO/c1-7-4-8(14)5-9-10(7)15(3)11(16)12(9,2)6-13/h4-5H,6H2,1-3H3. The zero-order valence-electron chi connectivity index (χ0n) is 9.47. The van der Waals surface area contributed by atoms with Gasteiger partial charge < -0.3 is 4.90 Å². The summed E-state index contributed by atoms with van der Waals surface area (Å²) in [5.74, 6) is 0.297. The van der Waals surface area contributed by atoms with Crippen LogP contribution in [0.15, 0.2) is 12.1 Å². The van der Waals surface area contributed by atoms with Crippen LogP contribution in [0, 0.1) is 6.92 Å². The van der Waals surface area contributed by atoms with Crippen LogP contribution >= 0.6 is 23.2 Å². The van der Waals surface area contributed by atoms with E-state index in [1.165, 1.54) is 0 Å². The van der Waals surface area contributed by atoms with E-state index in [-0.39, 0.29) is 11.8 Å². The molecule has 2 rings (SSSR count). The van der Waals surface area contributed by atoms with E-state index in [1.807, 2.05) is 26.0 Å². The molecule has 0 radical (unpaired) electrons. The maximum absolute atomic E-state index is 12.2. The van der Waals surface area contributed by atoms with Crippen LogP contribution in [0.1, 0.15) is 18.1 Å². The Hall–Kier alpha value is -0.730. The van der Waals surface area contributed by atoms with Crippen LogP contribution in [0.3, 0.4) is 0 Å². The molecule has 16 heavy (non-hydrogen) atoms. The molecule has 0 aromatic heterocycles. The highest BCUT2D eigenvalue weighted by molar-refractivity contribution is 6.31. The van der Waals surface area contributed by atoms with Crippen molar-refractivity contribution >= 4 is 34.8 Å². The molecule has 1 amide bonds. The minimum atomic E-state index is -0.651. The molecule has 0 bridgehead atoms. The Bertz CT molecular complexity index is 472. The summed E-state index contributed by atoms with van der Waals surface area (Å²) < 4.78 is 0. The first-order valence-corrected chi connectivity index (χ1v) is 5.98. The lowest BCUT2D eigenvalue weighted by atomic mass is 9.85. The molecular weight excluding hydrogens is 245 g/mol. The molecule has 1 aromatic carbocycles. The molecule has 0 N–H and O–H groups in total. The van der Waals surface area contributed by atoms with Gasteiger partial charge in [0.2, 0.25) is 5.91 Å². The smallest absolute Gasteiger partial charge is 0.238 e. The van der Waals surface area contributed by atoms with Crippen molar-refractivity contribution in [2.75, 3.05) is 17.8 Å². The van der Waals surface area contributed by atoms with Crippen molar-refractivity contribution in [1.29, 1.82) is 0 Å². The molecule has 0 saturated heterocycles. The molecule has 1 atom stereocenters. The Balaban J connectivity index is 2.75. The predicted molar refractivity (Wildman–Crippen MR) is 67.7 cm³/mol. The Morgan fingerprint density at radius 3 is 2.62 bits per heavy atom. The third kappa shape index (κ3) is 1.36. The monoisotopic (exact) mass is 257 g/mol. The minimum absolute atomic E-state index is 0.0304. The zero-order chi connectivity index (χ0) is 12.1. The quantitative estimate of drug-likeness (QED) is 0.709. The van der Waals surface area contributed by atoms with Gasteiger partial charge in [-0.15, -0.1) is 11.6 Å². The van der Waals surface area contributed by atoms with Crippen molar-refractivity contribution in [2.24, 2.45) is 0 Å². The van der Waals surface area contributed by atoms with Crippen LogP contribution < -0.4 is 4.90 Å². The van der Waals surface area contributed by atoms with E-state index in [0.717, 1.165) is 16.8 Å². The van der Waals surface area contributed by atoms with E-state index >= 15 is 0 Å². The number of likely N-dealkylation sites (N-methyl/N-ethyl adjacent to an activating group) is 1. The average Bonchev–Trinajstić information content (AvgIpc) is 2.42. The summed E-state index contributed by atoms with van der Waals surface area (Å²) in [6.45, 7) is 3.81. The first kappa shape index (κ1) is 11.7. The number of carbonyl (C=O) groups excluding carboxylic acids is 1. The second kappa shape index (κ2) is 3.64. The maximum Gasteiger partial charge on any atom is 0.238 e. The van der Waals surface area contributed by atoms with Crippen molar-refractivity contribution < 1.29 is 4.79 Å². The number of nitrogens with zero attached hydrogens (tertiary/aromatic N) is 1. The molecule has 1 aliphatic heterocycles. The molecular formula is C12H13Cl2NO. The van der Waals surface area contributed by atoms with Crippen molar-refractivity contribution in [3.8, 4) is 0 Å². The molecule has 0 saturated carbocycles. The molecule has 0 aliphatic carbocycles. The van der Waals surface area contributed by atoms with Gasteiger partial charge in [0.1, 0.15) is 0 Å². The van der Waals surface area contributed by atoms with Gasteiger partial charge in [-0.3, -0.25) is 4.79 Å². The molecule has 0 fully saturated rings. The van der Waals surface area contributed by atoms with Crippen LogP contribution in [0.5, 0.6) is 0 Å². The van der Waals surface area contributed by atoms with Crippen LogP contribution in [-0.4, -0.2) is 18.8 Å². The molecule has 1 unspecified atom stereocenters. The Morgan fingerprint density at radius 1 is 1.44 bits per heavy atom. The van der Waals surface area contributed by atoms with E-state index in [2.05, 4.69) is 0 Å². The van der Waals surface area contributed by atoms with Crippen LogP contribution in [0.4, 0.5) is 5.69 Å². The molecule has 1 heterocycles. The van der Waals surface area contributed by atoms with Gasteiger partial charge in [-0.25, -0.2) is 0 Å². The molecule has 1 aliphatic rings. The lowest BCUT2D eigenvalue weighted by Gasteiger charge is -2.19. The first-order chi connectivity index (χ1) is 7.41.